The maximum atomic E-state index is 12.5. The number of thiophene rings is 1. The van der Waals surface area contributed by atoms with E-state index in [0.717, 1.165) is 39.0 Å². The third-order valence-corrected chi connectivity index (χ3v) is 6.41. The number of hydrogen-bond donors (Lipinski definition) is 2. The molecule has 1 amide bonds. The van der Waals surface area contributed by atoms with Gasteiger partial charge in [-0.25, -0.2) is 13.1 Å². The maximum Gasteiger partial charge on any atom is 0.263 e. The Morgan fingerprint density at radius 1 is 1.39 bits per heavy atom. The predicted octanol–water partition coefficient (Wildman–Crippen LogP) is 1.54. The molecule has 0 bridgehead atoms. The first-order valence-electron chi connectivity index (χ1n) is 7.50. The highest BCUT2D eigenvalue weighted by atomic mass is 35.5. The molecule has 0 radical (unpaired) electrons. The van der Waals surface area contributed by atoms with Crippen molar-refractivity contribution >= 4 is 39.7 Å². The van der Waals surface area contributed by atoms with Crippen LogP contribution in [0.15, 0.2) is 16.3 Å². The van der Waals surface area contributed by atoms with Gasteiger partial charge in [0.05, 0.1) is 9.77 Å². The number of nitrogens with zero attached hydrogens (tertiary/aromatic N) is 1. The van der Waals surface area contributed by atoms with Crippen LogP contribution in [0.2, 0.25) is 0 Å². The van der Waals surface area contributed by atoms with Crippen molar-refractivity contribution in [3.05, 3.63) is 16.3 Å². The highest BCUT2D eigenvalue weighted by Crippen LogP contribution is 2.23. The van der Waals surface area contributed by atoms with E-state index in [1.807, 2.05) is 4.90 Å². The summed E-state index contributed by atoms with van der Waals surface area (Å²) in [5.74, 6) is 0.553. The summed E-state index contributed by atoms with van der Waals surface area (Å²) in [5, 5.41) is 4.86. The molecule has 0 aliphatic carbocycles. The normalized spacial score (nSPS) is 16.2. The Hall–Kier alpha value is -0.670. The first-order valence-corrected chi connectivity index (χ1v) is 9.86. The highest BCUT2D eigenvalue weighted by molar-refractivity contribution is 7.89. The fraction of sp³-hybridized carbons (Fsp3) is 0.643. The van der Waals surface area contributed by atoms with Crippen molar-refractivity contribution in [1.82, 2.24) is 14.9 Å². The van der Waals surface area contributed by atoms with E-state index in [-0.39, 0.29) is 23.2 Å². The minimum Gasteiger partial charge on any atom is -0.338 e. The molecular formula is C14H24ClN3O3S2. The summed E-state index contributed by atoms with van der Waals surface area (Å²) in [4.78, 5) is 14.9. The van der Waals surface area contributed by atoms with Crippen molar-refractivity contribution in [2.24, 2.45) is 5.92 Å². The Morgan fingerprint density at radius 2 is 2.04 bits per heavy atom. The molecule has 1 aliphatic rings. The van der Waals surface area contributed by atoms with Crippen molar-refractivity contribution in [2.45, 2.75) is 24.7 Å². The fourth-order valence-electron chi connectivity index (χ4n) is 2.53. The number of hydrogen-bond acceptors (Lipinski definition) is 5. The lowest BCUT2D eigenvalue weighted by Crippen LogP contribution is -2.40. The van der Waals surface area contributed by atoms with Crippen LogP contribution in [0.25, 0.3) is 0 Å². The molecule has 6 nitrogen and oxygen atoms in total. The lowest BCUT2D eigenvalue weighted by molar-refractivity contribution is 0.0695. The van der Waals surface area contributed by atoms with Gasteiger partial charge in [0.15, 0.2) is 0 Å². The Bertz CT molecular complexity index is 611. The van der Waals surface area contributed by atoms with Crippen molar-refractivity contribution in [1.29, 1.82) is 0 Å². The number of nitrogens with one attached hydrogen (secondary N) is 2. The van der Waals surface area contributed by atoms with Crippen LogP contribution >= 0.6 is 23.7 Å². The van der Waals surface area contributed by atoms with Crippen molar-refractivity contribution < 1.29 is 13.2 Å². The monoisotopic (exact) mass is 381 g/mol. The van der Waals surface area contributed by atoms with Crippen LogP contribution in [0.3, 0.4) is 0 Å². The molecule has 1 saturated heterocycles. The molecule has 0 unspecified atom stereocenters. The number of halogens is 1. The van der Waals surface area contributed by atoms with Gasteiger partial charge < -0.3 is 10.2 Å². The average molecular weight is 382 g/mol. The summed E-state index contributed by atoms with van der Waals surface area (Å²) in [7, 11) is -2.11. The minimum atomic E-state index is -3.48. The molecule has 132 valence electrons. The van der Waals surface area contributed by atoms with Gasteiger partial charge in [-0.1, -0.05) is 6.92 Å². The van der Waals surface area contributed by atoms with Gasteiger partial charge in [0.1, 0.15) is 0 Å². The van der Waals surface area contributed by atoms with Crippen LogP contribution < -0.4 is 10.0 Å². The Kier molecular flexibility index (Phi) is 7.96. The fourth-order valence-corrected chi connectivity index (χ4v) is 4.50. The van der Waals surface area contributed by atoms with Crippen molar-refractivity contribution in [2.75, 3.05) is 33.2 Å². The van der Waals surface area contributed by atoms with Gasteiger partial charge in [-0.2, -0.15) is 0 Å². The molecule has 2 N–H and O–H groups in total. The molecule has 2 heterocycles. The molecule has 1 fully saturated rings. The van der Waals surface area contributed by atoms with Crippen LogP contribution in [0.5, 0.6) is 0 Å². The second kappa shape index (κ2) is 8.98. The summed E-state index contributed by atoms with van der Waals surface area (Å²) < 4.78 is 25.7. The van der Waals surface area contributed by atoms with E-state index in [2.05, 4.69) is 17.0 Å². The number of carbonyl (C=O) groups excluding carboxylic acids is 1. The molecule has 1 aromatic rings. The van der Waals surface area contributed by atoms with E-state index < -0.39 is 10.0 Å². The average Bonchev–Trinajstić information content (AvgIpc) is 3.03. The smallest absolute Gasteiger partial charge is 0.263 e. The molecule has 0 saturated carbocycles. The van der Waals surface area contributed by atoms with Gasteiger partial charge in [0, 0.05) is 18.5 Å². The van der Waals surface area contributed by atoms with E-state index >= 15 is 0 Å². The topological polar surface area (TPSA) is 78.5 Å². The standard InChI is InChI=1S/C14H23N3O3S2.ClH/c1-3-16-9-11-4-6-17(7-5-11)14(18)13-8-12(10-21-13)22(19,20)15-2;/h8,10-11,15-16H,3-7,9H2,1-2H3;1H. The van der Waals surface area contributed by atoms with Gasteiger partial charge in [0.2, 0.25) is 10.0 Å². The molecule has 9 heteroatoms. The number of carbonyl (C=O) groups is 1. The Balaban J connectivity index is 0.00000264. The zero-order valence-electron chi connectivity index (χ0n) is 13.4. The van der Waals surface area contributed by atoms with Crippen molar-refractivity contribution in [3.8, 4) is 0 Å². The largest absolute Gasteiger partial charge is 0.338 e. The zero-order valence-corrected chi connectivity index (χ0v) is 15.8. The molecule has 0 spiro atoms. The lowest BCUT2D eigenvalue weighted by Gasteiger charge is -2.31. The minimum absolute atomic E-state index is 0. The number of likely N-dealkylation sites (tertiary alicyclic amines) is 1. The number of amides is 1. The second-order valence-electron chi connectivity index (χ2n) is 5.40. The molecule has 0 aromatic carbocycles. The van der Waals surface area contributed by atoms with E-state index in [0.29, 0.717) is 10.8 Å². The predicted molar refractivity (Wildman–Crippen MR) is 95.0 cm³/mol. The maximum absolute atomic E-state index is 12.5. The van der Waals surface area contributed by atoms with Crippen LogP contribution in [0, 0.1) is 5.92 Å². The molecule has 23 heavy (non-hydrogen) atoms. The summed E-state index contributed by atoms with van der Waals surface area (Å²) in [6.45, 7) is 5.53. The number of rotatable bonds is 6. The number of piperidine rings is 1. The third kappa shape index (κ3) is 5.15. The Labute approximate surface area is 148 Å². The molecular weight excluding hydrogens is 358 g/mol. The number of sulfonamides is 1. The van der Waals surface area contributed by atoms with E-state index in [1.165, 1.54) is 29.8 Å². The molecule has 1 aliphatic heterocycles. The van der Waals surface area contributed by atoms with Gasteiger partial charge in [-0.15, -0.1) is 23.7 Å². The highest BCUT2D eigenvalue weighted by Gasteiger charge is 2.25. The van der Waals surface area contributed by atoms with Crippen molar-refractivity contribution in [3.63, 3.8) is 0 Å². The summed E-state index contributed by atoms with van der Waals surface area (Å²) in [6.07, 6.45) is 1.98. The van der Waals surface area contributed by atoms with E-state index in [4.69, 9.17) is 0 Å². The molecule has 0 atom stereocenters. The third-order valence-electron chi connectivity index (χ3n) is 3.95. The first kappa shape index (κ1) is 20.4. The van der Waals surface area contributed by atoms with Crippen LogP contribution in [-0.4, -0.2) is 52.5 Å². The van der Waals surface area contributed by atoms with Gasteiger partial charge >= 0.3 is 0 Å². The van der Waals surface area contributed by atoms with Crippen LogP contribution in [-0.2, 0) is 10.0 Å². The molecule has 1 aromatic heterocycles. The quantitative estimate of drug-likeness (QED) is 0.783. The van der Waals surface area contributed by atoms with Gasteiger partial charge in [0.25, 0.3) is 5.91 Å². The van der Waals surface area contributed by atoms with Crippen LogP contribution in [0.1, 0.15) is 29.4 Å². The molecule has 2 rings (SSSR count). The van der Waals surface area contributed by atoms with E-state index in [9.17, 15) is 13.2 Å². The summed E-state index contributed by atoms with van der Waals surface area (Å²) in [6, 6.07) is 1.46. The van der Waals surface area contributed by atoms with Crippen LogP contribution in [0.4, 0.5) is 0 Å². The van der Waals surface area contributed by atoms with Gasteiger partial charge in [-0.3, -0.25) is 4.79 Å². The Morgan fingerprint density at radius 3 is 2.61 bits per heavy atom. The van der Waals surface area contributed by atoms with E-state index in [1.54, 1.807) is 0 Å². The SMILES string of the molecule is CCNCC1CCN(C(=O)c2cc(S(=O)(=O)NC)cs2)CC1.Cl. The first-order chi connectivity index (χ1) is 10.5. The zero-order chi connectivity index (χ0) is 16.2. The summed E-state index contributed by atoms with van der Waals surface area (Å²) in [5.41, 5.74) is 0. The summed E-state index contributed by atoms with van der Waals surface area (Å²) >= 11 is 1.19. The van der Waals surface area contributed by atoms with Gasteiger partial charge in [-0.05, 0) is 45.0 Å². The second-order valence-corrected chi connectivity index (χ2v) is 8.20. The lowest BCUT2D eigenvalue weighted by atomic mass is 9.96.